The standard InChI is InChI=1S/C23H27NO3/c1-26-20-11-7-18(8-12-20)15-22(19-9-13-21(27-2)14-10-19)24-23(25)16-17-5-3-4-6-17/h3,5,7-14,17,22H,4,6,15-16H2,1-2H3,(H,24,25)/t17-,22-/m1/s1. The topological polar surface area (TPSA) is 47.6 Å². The molecule has 0 fully saturated rings. The Labute approximate surface area is 161 Å². The van der Waals surface area contributed by atoms with Crippen LogP contribution in [0.25, 0.3) is 0 Å². The van der Waals surface area contributed by atoms with E-state index in [0.717, 1.165) is 41.9 Å². The maximum atomic E-state index is 12.6. The van der Waals surface area contributed by atoms with Crippen LogP contribution in [0.4, 0.5) is 0 Å². The molecular weight excluding hydrogens is 338 g/mol. The Hall–Kier alpha value is -2.75. The van der Waals surface area contributed by atoms with Crippen LogP contribution in [0.2, 0.25) is 0 Å². The lowest BCUT2D eigenvalue weighted by atomic mass is 9.97. The van der Waals surface area contributed by atoms with Crippen LogP contribution in [-0.2, 0) is 11.2 Å². The van der Waals surface area contributed by atoms with E-state index in [9.17, 15) is 4.79 Å². The molecule has 0 spiro atoms. The first kappa shape index (κ1) is 19.0. The number of methoxy groups -OCH3 is 2. The van der Waals surface area contributed by atoms with E-state index < -0.39 is 0 Å². The molecule has 1 amide bonds. The highest BCUT2D eigenvalue weighted by atomic mass is 16.5. The van der Waals surface area contributed by atoms with Crippen molar-refractivity contribution in [2.75, 3.05) is 14.2 Å². The first-order chi connectivity index (χ1) is 13.2. The molecule has 0 saturated heterocycles. The molecule has 2 aromatic carbocycles. The predicted octanol–water partition coefficient (Wildman–Crippen LogP) is 4.46. The molecule has 1 N–H and O–H groups in total. The Morgan fingerprint density at radius 1 is 1.04 bits per heavy atom. The first-order valence-corrected chi connectivity index (χ1v) is 9.41. The quantitative estimate of drug-likeness (QED) is 0.703. The third-order valence-corrected chi connectivity index (χ3v) is 5.01. The number of amides is 1. The van der Waals surface area contributed by atoms with Crippen LogP contribution in [0.1, 0.15) is 36.4 Å². The van der Waals surface area contributed by atoms with Crippen LogP contribution in [0, 0.1) is 5.92 Å². The van der Waals surface area contributed by atoms with Crippen molar-refractivity contribution >= 4 is 5.91 Å². The fourth-order valence-corrected chi connectivity index (χ4v) is 3.44. The van der Waals surface area contributed by atoms with Gasteiger partial charge < -0.3 is 14.8 Å². The number of hydrogen-bond donors (Lipinski definition) is 1. The molecule has 0 heterocycles. The molecule has 0 aromatic heterocycles. The van der Waals surface area contributed by atoms with Gasteiger partial charge in [-0.2, -0.15) is 0 Å². The number of ether oxygens (including phenoxy) is 2. The summed E-state index contributed by atoms with van der Waals surface area (Å²) in [5.74, 6) is 2.10. The van der Waals surface area contributed by atoms with Gasteiger partial charge >= 0.3 is 0 Å². The summed E-state index contributed by atoms with van der Waals surface area (Å²) >= 11 is 0. The number of carbonyl (C=O) groups excluding carboxylic acids is 1. The van der Waals surface area contributed by atoms with Gasteiger partial charge in [0.25, 0.3) is 0 Å². The van der Waals surface area contributed by atoms with E-state index in [1.807, 2.05) is 48.5 Å². The number of hydrogen-bond acceptors (Lipinski definition) is 3. The van der Waals surface area contributed by atoms with Gasteiger partial charge in [-0.1, -0.05) is 36.4 Å². The smallest absolute Gasteiger partial charge is 0.221 e. The lowest BCUT2D eigenvalue weighted by Crippen LogP contribution is -2.31. The summed E-state index contributed by atoms with van der Waals surface area (Å²) in [4.78, 5) is 12.6. The highest BCUT2D eigenvalue weighted by Gasteiger charge is 2.19. The normalized spacial score (nSPS) is 16.7. The summed E-state index contributed by atoms with van der Waals surface area (Å²) in [6.45, 7) is 0. The third kappa shape index (κ3) is 5.36. The van der Waals surface area contributed by atoms with Gasteiger partial charge in [0, 0.05) is 6.42 Å². The molecule has 0 bridgehead atoms. The van der Waals surface area contributed by atoms with E-state index >= 15 is 0 Å². The van der Waals surface area contributed by atoms with Crippen molar-refractivity contribution in [3.63, 3.8) is 0 Å². The van der Waals surface area contributed by atoms with Crippen molar-refractivity contribution in [3.05, 3.63) is 71.8 Å². The van der Waals surface area contributed by atoms with Crippen LogP contribution in [0.3, 0.4) is 0 Å². The van der Waals surface area contributed by atoms with Gasteiger partial charge in [0.2, 0.25) is 5.91 Å². The zero-order valence-corrected chi connectivity index (χ0v) is 16.0. The minimum Gasteiger partial charge on any atom is -0.497 e. The number of carbonyl (C=O) groups is 1. The Balaban J connectivity index is 1.73. The molecule has 3 rings (SSSR count). The Bertz CT molecular complexity index is 765. The van der Waals surface area contributed by atoms with Crippen molar-refractivity contribution in [2.45, 2.75) is 31.7 Å². The second-order valence-corrected chi connectivity index (χ2v) is 6.92. The average molecular weight is 365 g/mol. The van der Waals surface area contributed by atoms with E-state index in [4.69, 9.17) is 9.47 Å². The predicted molar refractivity (Wildman–Crippen MR) is 107 cm³/mol. The molecule has 0 aliphatic heterocycles. The second-order valence-electron chi connectivity index (χ2n) is 6.92. The van der Waals surface area contributed by atoms with Crippen molar-refractivity contribution in [3.8, 4) is 11.5 Å². The fraction of sp³-hybridized carbons (Fsp3) is 0.348. The van der Waals surface area contributed by atoms with Gasteiger partial charge in [-0.05, 0) is 60.6 Å². The highest BCUT2D eigenvalue weighted by Crippen LogP contribution is 2.25. The highest BCUT2D eigenvalue weighted by molar-refractivity contribution is 5.77. The van der Waals surface area contributed by atoms with Gasteiger partial charge in [0.1, 0.15) is 11.5 Å². The van der Waals surface area contributed by atoms with E-state index in [-0.39, 0.29) is 11.9 Å². The molecule has 1 aliphatic rings. The summed E-state index contributed by atoms with van der Waals surface area (Å²) < 4.78 is 10.5. The van der Waals surface area contributed by atoms with Crippen LogP contribution < -0.4 is 14.8 Å². The molecule has 142 valence electrons. The fourth-order valence-electron chi connectivity index (χ4n) is 3.44. The summed E-state index contributed by atoms with van der Waals surface area (Å²) in [5.41, 5.74) is 2.22. The number of allylic oxidation sites excluding steroid dienone is 2. The third-order valence-electron chi connectivity index (χ3n) is 5.01. The lowest BCUT2D eigenvalue weighted by molar-refractivity contribution is -0.122. The van der Waals surface area contributed by atoms with Gasteiger partial charge in [-0.3, -0.25) is 4.79 Å². The largest absolute Gasteiger partial charge is 0.497 e. The first-order valence-electron chi connectivity index (χ1n) is 9.41. The molecule has 0 saturated carbocycles. The Morgan fingerprint density at radius 2 is 1.67 bits per heavy atom. The zero-order valence-electron chi connectivity index (χ0n) is 16.0. The molecule has 4 nitrogen and oxygen atoms in total. The summed E-state index contributed by atoms with van der Waals surface area (Å²) in [6.07, 6.45) is 7.74. The minimum absolute atomic E-state index is 0.0813. The number of nitrogens with one attached hydrogen (secondary N) is 1. The summed E-state index contributed by atoms with van der Waals surface area (Å²) in [5, 5.41) is 3.23. The minimum atomic E-state index is -0.0813. The summed E-state index contributed by atoms with van der Waals surface area (Å²) in [7, 11) is 3.31. The van der Waals surface area contributed by atoms with E-state index in [0.29, 0.717) is 12.3 Å². The van der Waals surface area contributed by atoms with Crippen LogP contribution in [-0.4, -0.2) is 20.1 Å². The van der Waals surface area contributed by atoms with E-state index in [1.54, 1.807) is 14.2 Å². The van der Waals surface area contributed by atoms with Crippen molar-refractivity contribution in [1.82, 2.24) is 5.32 Å². The molecule has 27 heavy (non-hydrogen) atoms. The van der Waals surface area contributed by atoms with Crippen LogP contribution in [0.5, 0.6) is 11.5 Å². The van der Waals surface area contributed by atoms with Gasteiger partial charge in [0.15, 0.2) is 0 Å². The second kappa shape index (κ2) is 9.26. The molecule has 0 unspecified atom stereocenters. The van der Waals surface area contributed by atoms with Crippen molar-refractivity contribution in [1.29, 1.82) is 0 Å². The molecule has 2 atom stereocenters. The van der Waals surface area contributed by atoms with Gasteiger partial charge in [0.05, 0.1) is 20.3 Å². The maximum Gasteiger partial charge on any atom is 0.221 e. The van der Waals surface area contributed by atoms with E-state index in [1.165, 1.54) is 0 Å². The molecule has 1 aliphatic carbocycles. The van der Waals surface area contributed by atoms with Gasteiger partial charge in [-0.15, -0.1) is 0 Å². The number of rotatable bonds is 8. The average Bonchev–Trinajstić information content (AvgIpc) is 3.21. The SMILES string of the molecule is COc1ccc(C[C@@H](NC(=O)C[C@@H]2C=CCC2)c2ccc(OC)cc2)cc1. The zero-order chi connectivity index (χ0) is 19.1. The van der Waals surface area contributed by atoms with E-state index in [2.05, 4.69) is 17.5 Å². The monoisotopic (exact) mass is 365 g/mol. The van der Waals surface area contributed by atoms with Crippen molar-refractivity contribution < 1.29 is 14.3 Å². The lowest BCUT2D eigenvalue weighted by Gasteiger charge is -2.21. The molecule has 2 aromatic rings. The van der Waals surface area contributed by atoms with Crippen molar-refractivity contribution in [2.24, 2.45) is 5.92 Å². The maximum absolute atomic E-state index is 12.6. The number of benzene rings is 2. The molecule has 0 radical (unpaired) electrons. The Morgan fingerprint density at radius 3 is 2.22 bits per heavy atom. The molecule has 4 heteroatoms. The van der Waals surface area contributed by atoms with Crippen LogP contribution >= 0.6 is 0 Å². The van der Waals surface area contributed by atoms with Crippen LogP contribution in [0.15, 0.2) is 60.7 Å². The molecular formula is C23H27NO3. The van der Waals surface area contributed by atoms with Gasteiger partial charge in [-0.25, -0.2) is 0 Å². The Kier molecular flexibility index (Phi) is 6.53. The summed E-state index contributed by atoms with van der Waals surface area (Å²) in [6, 6.07) is 15.8.